The normalized spacial score (nSPS) is 19.3. The van der Waals surface area contributed by atoms with Crippen LogP contribution in [0, 0.1) is 12.3 Å². The van der Waals surface area contributed by atoms with Gasteiger partial charge in [-0.25, -0.2) is 4.79 Å². The largest absolute Gasteiger partial charge is 0.336 e. The smallest absolute Gasteiger partial charge is 0.318 e. The van der Waals surface area contributed by atoms with Crippen molar-refractivity contribution in [2.75, 3.05) is 13.1 Å². The second-order valence-electron chi connectivity index (χ2n) is 2.52. The van der Waals surface area contributed by atoms with Gasteiger partial charge in [0.05, 0.1) is 6.04 Å². The van der Waals surface area contributed by atoms with Crippen LogP contribution in [-0.2, 0) is 0 Å². The SMILES string of the molecule is C#CC(CC)N1CCNC1=O. The highest BCUT2D eigenvalue weighted by molar-refractivity contribution is 5.76. The number of hydrogen-bond donors (Lipinski definition) is 1. The van der Waals surface area contributed by atoms with Crippen molar-refractivity contribution in [2.24, 2.45) is 0 Å². The summed E-state index contributed by atoms with van der Waals surface area (Å²) in [6.45, 7) is 3.44. The van der Waals surface area contributed by atoms with E-state index in [1.165, 1.54) is 0 Å². The summed E-state index contributed by atoms with van der Waals surface area (Å²) in [5, 5.41) is 2.71. The van der Waals surface area contributed by atoms with E-state index in [2.05, 4.69) is 11.2 Å². The second kappa shape index (κ2) is 3.29. The van der Waals surface area contributed by atoms with Crippen molar-refractivity contribution in [1.82, 2.24) is 10.2 Å². The maximum Gasteiger partial charge on any atom is 0.318 e. The second-order valence-corrected chi connectivity index (χ2v) is 2.52. The number of urea groups is 1. The molecule has 0 aliphatic carbocycles. The maximum absolute atomic E-state index is 11.1. The van der Waals surface area contributed by atoms with E-state index in [4.69, 9.17) is 6.42 Å². The third-order valence-electron chi connectivity index (χ3n) is 1.85. The number of rotatable bonds is 2. The topological polar surface area (TPSA) is 32.3 Å². The summed E-state index contributed by atoms with van der Waals surface area (Å²) in [5.74, 6) is 2.59. The third kappa shape index (κ3) is 1.45. The first-order chi connectivity index (χ1) is 5.29. The van der Waals surface area contributed by atoms with Gasteiger partial charge in [-0.15, -0.1) is 6.42 Å². The summed E-state index contributed by atoms with van der Waals surface area (Å²) in [6.07, 6.45) is 6.08. The van der Waals surface area contributed by atoms with E-state index < -0.39 is 0 Å². The van der Waals surface area contributed by atoms with Crippen molar-refractivity contribution in [2.45, 2.75) is 19.4 Å². The first kappa shape index (κ1) is 7.93. The Hall–Kier alpha value is -1.17. The van der Waals surface area contributed by atoms with Crippen LogP contribution in [0.1, 0.15) is 13.3 Å². The number of hydrogen-bond acceptors (Lipinski definition) is 1. The van der Waals surface area contributed by atoms with Crippen molar-refractivity contribution in [3.63, 3.8) is 0 Å². The van der Waals surface area contributed by atoms with Gasteiger partial charge in [0.15, 0.2) is 0 Å². The molecule has 1 saturated heterocycles. The molecule has 0 saturated carbocycles. The van der Waals surface area contributed by atoms with Crippen LogP contribution >= 0.6 is 0 Å². The zero-order valence-electron chi connectivity index (χ0n) is 6.63. The summed E-state index contributed by atoms with van der Waals surface area (Å²) in [4.78, 5) is 12.7. The lowest BCUT2D eigenvalue weighted by atomic mass is 10.2. The predicted molar refractivity (Wildman–Crippen MR) is 43.0 cm³/mol. The van der Waals surface area contributed by atoms with Gasteiger partial charge >= 0.3 is 6.03 Å². The Kier molecular flexibility index (Phi) is 2.37. The van der Waals surface area contributed by atoms with Crippen molar-refractivity contribution in [1.29, 1.82) is 0 Å². The number of amides is 2. The molecule has 1 N–H and O–H groups in total. The molecule has 0 radical (unpaired) electrons. The minimum absolute atomic E-state index is 0.0301. The highest BCUT2D eigenvalue weighted by Gasteiger charge is 2.24. The molecule has 3 nitrogen and oxygen atoms in total. The van der Waals surface area contributed by atoms with Crippen LogP contribution in [0.15, 0.2) is 0 Å². The van der Waals surface area contributed by atoms with E-state index in [0.717, 1.165) is 19.5 Å². The quantitative estimate of drug-likeness (QED) is 0.571. The summed E-state index contributed by atoms with van der Waals surface area (Å²) < 4.78 is 0. The van der Waals surface area contributed by atoms with Gasteiger partial charge in [0.1, 0.15) is 0 Å². The lowest BCUT2D eigenvalue weighted by molar-refractivity contribution is 0.208. The minimum Gasteiger partial charge on any atom is -0.336 e. The Morgan fingerprint density at radius 1 is 1.91 bits per heavy atom. The average Bonchev–Trinajstić information content (AvgIpc) is 2.40. The minimum atomic E-state index is -0.0326. The number of carbonyl (C=O) groups is 1. The molecule has 1 unspecified atom stereocenters. The molecule has 1 aliphatic rings. The van der Waals surface area contributed by atoms with E-state index in [-0.39, 0.29) is 12.1 Å². The van der Waals surface area contributed by atoms with Crippen LogP contribution in [0.25, 0.3) is 0 Å². The molecule has 1 rings (SSSR count). The van der Waals surface area contributed by atoms with Gasteiger partial charge in [-0.1, -0.05) is 12.8 Å². The molecule has 1 heterocycles. The van der Waals surface area contributed by atoms with Crippen LogP contribution in [0.4, 0.5) is 4.79 Å². The van der Waals surface area contributed by atoms with Gasteiger partial charge in [0.2, 0.25) is 0 Å². The molecule has 11 heavy (non-hydrogen) atoms. The molecule has 60 valence electrons. The van der Waals surface area contributed by atoms with E-state index in [1.807, 2.05) is 6.92 Å². The molecule has 0 bridgehead atoms. The van der Waals surface area contributed by atoms with Crippen LogP contribution < -0.4 is 5.32 Å². The fraction of sp³-hybridized carbons (Fsp3) is 0.625. The molecule has 1 atom stereocenters. The molecular formula is C8H12N2O. The van der Waals surface area contributed by atoms with Gasteiger partial charge in [-0.05, 0) is 6.42 Å². The van der Waals surface area contributed by atoms with Gasteiger partial charge < -0.3 is 10.2 Å². The Morgan fingerprint density at radius 2 is 2.64 bits per heavy atom. The zero-order chi connectivity index (χ0) is 8.27. The standard InChI is InChI=1S/C8H12N2O/c1-3-7(4-2)10-6-5-9-8(10)11/h1,7H,4-6H2,2H3,(H,9,11). The van der Waals surface area contributed by atoms with Crippen molar-refractivity contribution in [3.8, 4) is 12.3 Å². The van der Waals surface area contributed by atoms with E-state index in [0.29, 0.717) is 0 Å². The lowest BCUT2D eigenvalue weighted by Crippen LogP contribution is -2.36. The van der Waals surface area contributed by atoms with Crippen molar-refractivity contribution in [3.05, 3.63) is 0 Å². The molecule has 1 aliphatic heterocycles. The van der Waals surface area contributed by atoms with Crippen molar-refractivity contribution >= 4 is 6.03 Å². The number of carbonyl (C=O) groups excluding carboxylic acids is 1. The Balaban J connectivity index is 2.59. The fourth-order valence-corrected chi connectivity index (χ4v) is 1.21. The number of nitrogens with one attached hydrogen (secondary N) is 1. The van der Waals surface area contributed by atoms with Crippen LogP contribution in [0.2, 0.25) is 0 Å². The molecule has 2 amide bonds. The Labute approximate surface area is 66.8 Å². The molecule has 0 aromatic heterocycles. The fourth-order valence-electron chi connectivity index (χ4n) is 1.21. The Morgan fingerprint density at radius 3 is 3.00 bits per heavy atom. The van der Waals surface area contributed by atoms with Crippen LogP contribution in [-0.4, -0.2) is 30.1 Å². The van der Waals surface area contributed by atoms with Crippen LogP contribution in [0.5, 0.6) is 0 Å². The van der Waals surface area contributed by atoms with Crippen molar-refractivity contribution < 1.29 is 4.79 Å². The van der Waals surface area contributed by atoms with E-state index in [9.17, 15) is 4.79 Å². The third-order valence-corrected chi connectivity index (χ3v) is 1.85. The highest BCUT2D eigenvalue weighted by Crippen LogP contribution is 2.06. The molecule has 0 aromatic rings. The zero-order valence-corrected chi connectivity index (χ0v) is 6.63. The summed E-state index contributed by atoms with van der Waals surface area (Å²) in [6, 6.07) is -0.0627. The van der Waals surface area contributed by atoms with E-state index in [1.54, 1.807) is 4.90 Å². The maximum atomic E-state index is 11.1. The highest BCUT2D eigenvalue weighted by atomic mass is 16.2. The van der Waals surface area contributed by atoms with Gasteiger partial charge in [-0.3, -0.25) is 0 Å². The molecule has 0 aromatic carbocycles. The molecule has 3 heteroatoms. The number of nitrogens with zero attached hydrogens (tertiary/aromatic N) is 1. The number of terminal acetylenes is 1. The molecule has 1 fully saturated rings. The summed E-state index contributed by atoms with van der Waals surface area (Å²) in [7, 11) is 0. The Bertz CT molecular complexity index is 195. The predicted octanol–water partition coefficient (Wildman–Crippen LogP) is 0.423. The van der Waals surface area contributed by atoms with Gasteiger partial charge in [-0.2, -0.15) is 0 Å². The first-order valence-corrected chi connectivity index (χ1v) is 3.80. The average molecular weight is 152 g/mol. The summed E-state index contributed by atoms with van der Waals surface area (Å²) in [5.41, 5.74) is 0. The van der Waals surface area contributed by atoms with E-state index >= 15 is 0 Å². The monoisotopic (exact) mass is 152 g/mol. The van der Waals surface area contributed by atoms with Crippen LogP contribution in [0.3, 0.4) is 0 Å². The lowest BCUT2D eigenvalue weighted by Gasteiger charge is -2.19. The van der Waals surface area contributed by atoms with Gasteiger partial charge in [0, 0.05) is 13.1 Å². The first-order valence-electron chi connectivity index (χ1n) is 3.80. The van der Waals surface area contributed by atoms with Gasteiger partial charge in [0.25, 0.3) is 0 Å². The molecular weight excluding hydrogens is 140 g/mol. The summed E-state index contributed by atoms with van der Waals surface area (Å²) >= 11 is 0. The molecule has 0 spiro atoms.